The number of hydrogen-bond donors (Lipinski definition) is 20. The lowest BCUT2D eigenvalue weighted by molar-refractivity contribution is -0.397. The molecular weight excluding hydrogens is 1450 g/mol. The molecule has 8 aliphatic rings. The van der Waals surface area contributed by atoms with Crippen molar-refractivity contribution in [3.05, 3.63) is 0 Å². The molecular formula is C66H118O41. The molecule has 628 valence electrons. The van der Waals surface area contributed by atoms with Gasteiger partial charge in [0.1, 0.15) is 146 Å². The topological polar surface area (TPSA) is 602 Å². The summed E-state index contributed by atoms with van der Waals surface area (Å²) in [6.07, 6.45) is -64.6. The van der Waals surface area contributed by atoms with Gasteiger partial charge in [-0.25, -0.2) is 0 Å². The Morgan fingerprint density at radius 1 is 0.280 bits per heavy atom. The Morgan fingerprint density at radius 2 is 0.477 bits per heavy atom. The van der Waals surface area contributed by atoms with Gasteiger partial charge in [-0.3, -0.25) is 0 Å². The molecule has 8 rings (SSSR count). The van der Waals surface area contributed by atoms with Gasteiger partial charge in [0, 0.05) is 5.92 Å². The van der Waals surface area contributed by atoms with Gasteiger partial charge in [-0.1, -0.05) is 6.92 Å². The van der Waals surface area contributed by atoms with E-state index in [0.717, 1.165) is 0 Å². The second kappa shape index (κ2) is 41.8. The average molecular weight is 1570 g/mol. The third kappa shape index (κ3) is 24.0. The molecule has 8 saturated heterocycles. The molecule has 20 N–H and O–H groups in total. The van der Waals surface area contributed by atoms with Gasteiger partial charge in [0.05, 0.1) is 147 Å². The largest absolute Gasteiger partial charge is 0.391 e. The summed E-state index contributed by atoms with van der Waals surface area (Å²) < 4.78 is 125. The summed E-state index contributed by atoms with van der Waals surface area (Å²) >= 11 is 0. The van der Waals surface area contributed by atoms with Crippen molar-refractivity contribution in [2.24, 2.45) is 5.92 Å². The van der Waals surface area contributed by atoms with E-state index in [4.69, 9.17) is 99.5 Å². The van der Waals surface area contributed by atoms with E-state index in [1.54, 1.807) is 6.92 Å². The standard InChI is InChI=1S/C66H118O41/c1-10-33-34(18-87-11-25(2)67)95-65(59-66(33,86)107-59)106-58-40(24-93-17-31(8)73)100-64(52(85)47(58)80)105-57-39(23-92-16-30(7)72)99-63(51(84)46(57)79)104-56-38(22-91-15-29(6)71)98-62(50(83)45(56)78)103-55-37(21-90-14-28(5)70)97-61(49(82)44(55)77)102-54-36(20-89-13-27(4)69)96-60(48(81)43(54)76)101-53-35(19-88-12-26(3)68)94-32(9)41(74)42(53)75/h25-65,67-86H,10-24H2,1-9H3. The fourth-order valence-electron chi connectivity index (χ4n) is 13.6. The Bertz CT molecular complexity index is 2520. The van der Waals surface area contributed by atoms with E-state index in [1.807, 2.05) is 0 Å². The molecule has 0 aromatic carbocycles. The van der Waals surface area contributed by atoms with Crippen LogP contribution in [0.1, 0.15) is 68.7 Å². The molecule has 8 fully saturated rings. The summed E-state index contributed by atoms with van der Waals surface area (Å²) in [5.74, 6) is -2.36. The molecule has 0 spiro atoms. The first-order chi connectivity index (χ1) is 50.5. The number of hydrogen-bond acceptors (Lipinski definition) is 41. The van der Waals surface area contributed by atoms with Crippen molar-refractivity contribution in [2.45, 2.75) is 320 Å². The maximum atomic E-state index is 12.1. The van der Waals surface area contributed by atoms with E-state index < -0.39 is 290 Å². The quantitative estimate of drug-likeness (QED) is 0.0253. The molecule has 42 unspecified atom stereocenters. The molecule has 0 bridgehead atoms. The Hall–Kier alpha value is -1.64. The van der Waals surface area contributed by atoms with E-state index in [1.165, 1.54) is 55.4 Å². The lowest BCUT2D eigenvalue weighted by Crippen LogP contribution is -2.68. The van der Waals surface area contributed by atoms with Crippen LogP contribution in [-0.4, -0.2) is 446 Å². The zero-order chi connectivity index (χ0) is 78.6. The summed E-state index contributed by atoms with van der Waals surface area (Å²) in [5, 5.41) is 223. The summed E-state index contributed by atoms with van der Waals surface area (Å²) in [7, 11) is 0. The molecule has 0 saturated carbocycles. The van der Waals surface area contributed by atoms with Crippen LogP contribution in [-0.2, 0) is 99.5 Å². The fraction of sp³-hybridized carbons (Fsp3) is 1.00. The molecule has 42 atom stereocenters. The second-order valence-electron chi connectivity index (χ2n) is 29.1. The molecule has 8 heterocycles. The van der Waals surface area contributed by atoms with Crippen molar-refractivity contribution in [1.29, 1.82) is 0 Å². The molecule has 0 radical (unpaired) electrons. The normalized spacial score (nSPS) is 45.4. The number of aliphatic hydroxyl groups is 20. The van der Waals surface area contributed by atoms with Crippen LogP contribution in [0.15, 0.2) is 0 Å². The van der Waals surface area contributed by atoms with E-state index in [0.29, 0.717) is 6.42 Å². The van der Waals surface area contributed by atoms with Crippen LogP contribution in [0.5, 0.6) is 0 Å². The highest BCUT2D eigenvalue weighted by atomic mass is 16.8. The average Bonchev–Trinajstić information content (AvgIpc) is 1.55. The summed E-state index contributed by atoms with van der Waals surface area (Å²) in [6, 6.07) is 0. The number of aliphatic hydroxyl groups excluding tert-OH is 19. The van der Waals surface area contributed by atoms with E-state index in [-0.39, 0.29) is 59.5 Å². The fourth-order valence-corrected chi connectivity index (χ4v) is 13.6. The lowest BCUT2D eigenvalue weighted by Gasteiger charge is -2.50. The van der Waals surface area contributed by atoms with Crippen molar-refractivity contribution in [3.8, 4) is 0 Å². The molecule has 0 amide bonds. The SMILES string of the molecule is CCC1C(COCC(C)O)OC(OC2C(COCC(C)O)OC(OC3C(COCC(C)O)OC(OC4C(COCC(C)O)OC(OC5C(COCC(C)O)OC(OC6C(COCC(C)O)OC(OC7C(COCC(C)O)OC(C)C(O)C7O)C(O)C6O)C(O)C5O)C(O)C4O)C(O)C3O)C(O)C2O)C2OC12O. The number of rotatable bonds is 41. The highest BCUT2D eigenvalue weighted by Crippen LogP contribution is 2.52. The van der Waals surface area contributed by atoms with Gasteiger partial charge in [-0.05, 0) is 61.8 Å². The maximum Gasteiger partial charge on any atom is 0.203 e. The molecule has 0 aromatic heterocycles. The molecule has 8 aliphatic heterocycles. The minimum atomic E-state index is -2.23. The smallest absolute Gasteiger partial charge is 0.203 e. The highest BCUT2D eigenvalue weighted by Gasteiger charge is 2.71. The maximum absolute atomic E-state index is 12.1. The Balaban J connectivity index is 0.983. The van der Waals surface area contributed by atoms with Crippen LogP contribution in [0.2, 0.25) is 0 Å². The van der Waals surface area contributed by atoms with E-state index in [2.05, 4.69) is 0 Å². The molecule has 41 heteroatoms. The number of fused-ring (bicyclic) bond motifs is 1. The first-order valence-electron chi connectivity index (χ1n) is 36.4. The minimum absolute atomic E-state index is 0.0640. The monoisotopic (exact) mass is 1570 g/mol. The zero-order valence-corrected chi connectivity index (χ0v) is 61.3. The number of ether oxygens (including phenoxy) is 21. The van der Waals surface area contributed by atoms with Crippen LogP contribution in [0.4, 0.5) is 0 Å². The van der Waals surface area contributed by atoms with Crippen LogP contribution in [0.3, 0.4) is 0 Å². The first kappa shape index (κ1) is 90.9. The molecule has 0 aromatic rings. The van der Waals surface area contributed by atoms with Crippen LogP contribution in [0.25, 0.3) is 0 Å². The minimum Gasteiger partial charge on any atom is -0.391 e. The Kier molecular flexibility index (Phi) is 35.5. The van der Waals surface area contributed by atoms with Gasteiger partial charge in [0.15, 0.2) is 43.8 Å². The van der Waals surface area contributed by atoms with Gasteiger partial charge < -0.3 is 202 Å². The van der Waals surface area contributed by atoms with Gasteiger partial charge in [-0.15, -0.1) is 0 Å². The van der Waals surface area contributed by atoms with Crippen LogP contribution >= 0.6 is 0 Å². The van der Waals surface area contributed by atoms with Gasteiger partial charge in [0.25, 0.3) is 0 Å². The molecule has 0 aliphatic carbocycles. The van der Waals surface area contributed by atoms with E-state index in [9.17, 15) is 102 Å². The van der Waals surface area contributed by atoms with Crippen molar-refractivity contribution in [1.82, 2.24) is 0 Å². The lowest BCUT2D eigenvalue weighted by atomic mass is 9.88. The third-order valence-electron chi connectivity index (χ3n) is 19.0. The van der Waals surface area contributed by atoms with Gasteiger partial charge >= 0.3 is 0 Å². The van der Waals surface area contributed by atoms with Crippen LogP contribution in [0, 0.1) is 5.92 Å². The Labute approximate surface area is 618 Å². The van der Waals surface area contributed by atoms with Gasteiger partial charge in [-0.2, -0.15) is 0 Å². The van der Waals surface area contributed by atoms with Crippen molar-refractivity contribution in [3.63, 3.8) is 0 Å². The molecule has 107 heavy (non-hydrogen) atoms. The summed E-state index contributed by atoms with van der Waals surface area (Å²) in [6.45, 7) is 8.20. The second-order valence-corrected chi connectivity index (χ2v) is 29.1. The number of epoxide rings is 1. The van der Waals surface area contributed by atoms with E-state index >= 15 is 0 Å². The van der Waals surface area contributed by atoms with Crippen LogP contribution < -0.4 is 0 Å². The third-order valence-corrected chi connectivity index (χ3v) is 19.0. The Morgan fingerprint density at radius 3 is 0.701 bits per heavy atom. The van der Waals surface area contributed by atoms with Crippen molar-refractivity contribution >= 4 is 0 Å². The zero-order valence-electron chi connectivity index (χ0n) is 61.3. The summed E-state index contributed by atoms with van der Waals surface area (Å²) in [5.41, 5.74) is 0. The highest BCUT2D eigenvalue weighted by molar-refractivity contribution is 5.08. The molecule has 41 nitrogen and oxygen atoms in total. The predicted molar refractivity (Wildman–Crippen MR) is 349 cm³/mol. The van der Waals surface area contributed by atoms with Crippen molar-refractivity contribution < 1.29 is 202 Å². The summed E-state index contributed by atoms with van der Waals surface area (Å²) in [4.78, 5) is 0. The van der Waals surface area contributed by atoms with Gasteiger partial charge in [0.2, 0.25) is 5.79 Å². The predicted octanol–water partition coefficient (Wildman–Crippen LogP) is -10.3. The first-order valence-corrected chi connectivity index (χ1v) is 36.4. The van der Waals surface area contributed by atoms with Crippen molar-refractivity contribution in [2.75, 3.05) is 92.5 Å².